The maximum absolute atomic E-state index is 4.62. The van der Waals surface area contributed by atoms with E-state index in [1.165, 1.54) is 0 Å². The van der Waals surface area contributed by atoms with Gasteiger partial charge in [0, 0.05) is 30.2 Å². The number of aromatic nitrogens is 3. The molecule has 0 atom stereocenters. The van der Waals surface area contributed by atoms with Gasteiger partial charge in [-0.15, -0.1) is 11.3 Å². The molecule has 0 radical (unpaired) electrons. The molecule has 0 fully saturated rings. The summed E-state index contributed by atoms with van der Waals surface area (Å²) < 4.78 is 1.99. The second-order valence-corrected chi connectivity index (χ2v) is 5.51. The second-order valence-electron chi connectivity index (χ2n) is 4.65. The van der Waals surface area contributed by atoms with Crippen molar-refractivity contribution in [2.45, 2.75) is 26.2 Å². The average Bonchev–Trinajstić information content (AvgIpc) is 2.69. The van der Waals surface area contributed by atoms with Crippen LogP contribution in [0, 0.1) is 0 Å². The number of hydrogen-bond donors (Lipinski definition) is 0. The van der Waals surface area contributed by atoms with Gasteiger partial charge < -0.3 is 4.57 Å². The molecule has 4 heteroatoms. The zero-order valence-corrected chi connectivity index (χ0v) is 10.3. The number of nitrogens with zero attached hydrogens (tertiary/aromatic N) is 3. The van der Waals surface area contributed by atoms with E-state index in [1.54, 1.807) is 17.5 Å². The normalized spacial score (nSPS) is 12.0. The minimum atomic E-state index is 0.111. The lowest BCUT2D eigenvalue weighted by Crippen LogP contribution is -2.11. The van der Waals surface area contributed by atoms with Crippen LogP contribution < -0.4 is 0 Å². The Hall–Kier alpha value is -1.16. The van der Waals surface area contributed by atoms with Crippen molar-refractivity contribution in [2.75, 3.05) is 0 Å². The summed E-state index contributed by atoms with van der Waals surface area (Å²) in [6.45, 7) is 6.51. The molecule has 2 aromatic rings. The zero-order chi connectivity index (χ0) is 11.1. The third kappa shape index (κ3) is 1.95. The number of hydrogen-bond acceptors (Lipinski definition) is 3. The van der Waals surface area contributed by atoms with Crippen LogP contribution in [-0.2, 0) is 12.5 Å². The van der Waals surface area contributed by atoms with Crippen LogP contribution >= 0.6 is 11.3 Å². The van der Waals surface area contributed by atoms with Gasteiger partial charge in [-0.2, -0.15) is 0 Å². The first-order chi connectivity index (χ1) is 6.98. The smallest absolute Gasteiger partial charge is 0.168 e. The molecule has 2 aromatic heterocycles. The maximum atomic E-state index is 4.62. The Balaban J connectivity index is 2.41. The maximum Gasteiger partial charge on any atom is 0.168 e. The van der Waals surface area contributed by atoms with E-state index in [0.29, 0.717) is 0 Å². The van der Waals surface area contributed by atoms with E-state index in [9.17, 15) is 0 Å². The molecule has 0 saturated carbocycles. The topological polar surface area (TPSA) is 30.7 Å². The SMILES string of the molecule is Cn1ccnc1-c1nc(C(C)(C)C)cs1. The van der Waals surface area contributed by atoms with Crippen LogP contribution in [0.3, 0.4) is 0 Å². The first kappa shape index (κ1) is 10.4. The lowest BCUT2D eigenvalue weighted by molar-refractivity contribution is 0.573. The molecule has 0 bridgehead atoms. The van der Waals surface area contributed by atoms with Gasteiger partial charge in [0.1, 0.15) is 0 Å². The Morgan fingerprint density at radius 1 is 1.33 bits per heavy atom. The van der Waals surface area contributed by atoms with Crippen LogP contribution in [0.2, 0.25) is 0 Å². The molecule has 2 rings (SSSR count). The van der Waals surface area contributed by atoms with Gasteiger partial charge in [-0.05, 0) is 0 Å². The van der Waals surface area contributed by atoms with Gasteiger partial charge in [-0.1, -0.05) is 20.8 Å². The van der Waals surface area contributed by atoms with Crippen molar-refractivity contribution in [1.82, 2.24) is 14.5 Å². The Bertz CT molecular complexity index is 462. The molecule has 15 heavy (non-hydrogen) atoms. The summed E-state index contributed by atoms with van der Waals surface area (Å²) in [7, 11) is 1.99. The summed E-state index contributed by atoms with van der Waals surface area (Å²) in [5.41, 5.74) is 1.24. The van der Waals surface area contributed by atoms with Gasteiger partial charge in [-0.25, -0.2) is 9.97 Å². The zero-order valence-electron chi connectivity index (χ0n) is 9.48. The Morgan fingerprint density at radius 3 is 2.53 bits per heavy atom. The molecule has 2 heterocycles. The molecule has 0 N–H and O–H groups in total. The highest BCUT2D eigenvalue weighted by Gasteiger charge is 2.18. The van der Waals surface area contributed by atoms with Gasteiger partial charge >= 0.3 is 0 Å². The summed E-state index contributed by atoms with van der Waals surface area (Å²) in [6, 6.07) is 0. The molecule has 0 spiro atoms. The van der Waals surface area contributed by atoms with E-state index in [0.717, 1.165) is 16.5 Å². The van der Waals surface area contributed by atoms with Gasteiger partial charge in [0.25, 0.3) is 0 Å². The van der Waals surface area contributed by atoms with Gasteiger partial charge in [0.05, 0.1) is 5.69 Å². The third-order valence-electron chi connectivity index (χ3n) is 2.29. The van der Waals surface area contributed by atoms with Crippen molar-refractivity contribution in [2.24, 2.45) is 7.05 Å². The standard InChI is InChI=1S/C11H15N3S/c1-11(2,3)8-7-15-10(13-8)9-12-5-6-14(9)4/h5-7H,1-4H3. The number of imidazole rings is 1. The van der Waals surface area contributed by atoms with Gasteiger partial charge in [0.15, 0.2) is 10.8 Å². The number of thiazole rings is 1. The summed E-state index contributed by atoms with van der Waals surface area (Å²) in [5, 5.41) is 3.11. The van der Waals surface area contributed by atoms with Crippen LogP contribution in [0.15, 0.2) is 17.8 Å². The quantitative estimate of drug-likeness (QED) is 0.741. The lowest BCUT2D eigenvalue weighted by Gasteiger charge is -2.14. The Kier molecular flexibility index (Phi) is 2.38. The van der Waals surface area contributed by atoms with Gasteiger partial charge in [0.2, 0.25) is 0 Å². The van der Waals surface area contributed by atoms with E-state index in [-0.39, 0.29) is 5.41 Å². The summed E-state index contributed by atoms with van der Waals surface area (Å²) in [6.07, 6.45) is 3.74. The molecule has 0 aliphatic rings. The highest BCUT2D eigenvalue weighted by atomic mass is 32.1. The molecule has 3 nitrogen and oxygen atoms in total. The highest BCUT2D eigenvalue weighted by molar-refractivity contribution is 7.13. The summed E-state index contributed by atoms with van der Waals surface area (Å²) in [5.74, 6) is 0.940. The third-order valence-corrected chi connectivity index (χ3v) is 3.12. The second kappa shape index (κ2) is 3.45. The minimum Gasteiger partial charge on any atom is -0.332 e. The molecule has 0 saturated heterocycles. The number of aryl methyl sites for hydroxylation is 1. The molecule has 0 aliphatic carbocycles. The van der Waals surface area contributed by atoms with Gasteiger partial charge in [-0.3, -0.25) is 0 Å². The van der Waals surface area contributed by atoms with Crippen LogP contribution in [0.4, 0.5) is 0 Å². The largest absolute Gasteiger partial charge is 0.332 e. The first-order valence-electron chi connectivity index (χ1n) is 4.92. The van der Waals surface area contributed by atoms with Crippen molar-refractivity contribution in [3.63, 3.8) is 0 Å². The summed E-state index contributed by atoms with van der Waals surface area (Å²) in [4.78, 5) is 8.91. The van der Waals surface area contributed by atoms with E-state index in [1.807, 2.05) is 17.8 Å². The van der Waals surface area contributed by atoms with Crippen molar-refractivity contribution in [1.29, 1.82) is 0 Å². The van der Waals surface area contributed by atoms with Crippen molar-refractivity contribution in [3.05, 3.63) is 23.5 Å². The van der Waals surface area contributed by atoms with Crippen LogP contribution in [0.25, 0.3) is 10.8 Å². The Labute approximate surface area is 93.8 Å². The van der Waals surface area contributed by atoms with Crippen molar-refractivity contribution >= 4 is 11.3 Å². The molecule has 0 unspecified atom stereocenters. The fourth-order valence-electron chi connectivity index (χ4n) is 1.29. The number of rotatable bonds is 1. The lowest BCUT2D eigenvalue weighted by atomic mass is 9.93. The molecular formula is C11H15N3S. The molecule has 0 aromatic carbocycles. The summed E-state index contributed by atoms with van der Waals surface area (Å²) >= 11 is 1.65. The highest BCUT2D eigenvalue weighted by Crippen LogP contribution is 2.28. The van der Waals surface area contributed by atoms with E-state index >= 15 is 0 Å². The van der Waals surface area contributed by atoms with Crippen LogP contribution in [-0.4, -0.2) is 14.5 Å². The predicted octanol–water partition coefficient (Wildman–Crippen LogP) is 2.84. The average molecular weight is 221 g/mol. The fraction of sp³-hybridized carbons (Fsp3) is 0.455. The van der Waals surface area contributed by atoms with Crippen LogP contribution in [0.5, 0.6) is 0 Å². The molecular weight excluding hydrogens is 206 g/mol. The molecule has 80 valence electrons. The molecule has 0 aliphatic heterocycles. The van der Waals surface area contributed by atoms with Crippen LogP contribution in [0.1, 0.15) is 26.5 Å². The first-order valence-corrected chi connectivity index (χ1v) is 5.80. The minimum absolute atomic E-state index is 0.111. The fourth-order valence-corrected chi connectivity index (χ4v) is 2.38. The Morgan fingerprint density at radius 2 is 2.07 bits per heavy atom. The van der Waals surface area contributed by atoms with E-state index in [2.05, 4.69) is 36.1 Å². The van der Waals surface area contributed by atoms with Crippen molar-refractivity contribution < 1.29 is 0 Å². The monoisotopic (exact) mass is 221 g/mol. The predicted molar refractivity (Wildman–Crippen MR) is 63.0 cm³/mol. The van der Waals surface area contributed by atoms with Crippen molar-refractivity contribution in [3.8, 4) is 10.8 Å². The molecule has 0 amide bonds. The van der Waals surface area contributed by atoms with E-state index in [4.69, 9.17) is 0 Å². The van der Waals surface area contributed by atoms with E-state index < -0.39 is 0 Å².